The lowest BCUT2D eigenvalue weighted by atomic mass is 9.92. The van der Waals surface area contributed by atoms with E-state index >= 15 is 0 Å². The summed E-state index contributed by atoms with van der Waals surface area (Å²) in [6.07, 6.45) is 1.70. The van der Waals surface area contributed by atoms with Gasteiger partial charge in [0.25, 0.3) is 0 Å². The number of nitrogens with zero attached hydrogens (tertiary/aromatic N) is 5. The van der Waals surface area contributed by atoms with E-state index in [1.807, 2.05) is 82.9 Å². The first-order chi connectivity index (χ1) is 20.4. The van der Waals surface area contributed by atoms with Crippen LogP contribution in [0.15, 0.2) is 54.7 Å². The summed E-state index contributed by atoms with van der Waals surface area (Å²) >= 11 is 7.91. The molecular formula is C33H30ClN5O3S. The molecule has 8 nitrogen and oxygen atoms in total. The third kappa shape index (κ3) is 5.58. The first-order valence-electron chi connectivity index (χ1n) is 13.8. The van der Waals surface area contributed by atoms with Crippen LogP contribution in [0.4, 0.5) is 0 Å². The van der Waals surface area contributed by atoms with Crippen LogP contribution < -0.4 is 4.74 Å². The zero-order valence-corrected chi connectivity index (χ0v) is 26.3. The zero-order chi connectivity index (χ0) is 30.6. The summed E-state index contributed by atoms with van der Waals surface area (Å²) in [5.74, 6) is -0.326. The Morgan fingerprint density at radius 2 is 1.84 bits per heavy atom. The fourth-order valence-corrected chi connectivity index (χ4v) is 6.63. The van der Waals surface area contributed by atoms with E-state index < -0.39 is 11.6 Å². The summed E-state index contributed by atoms with van der Waals surface area (Å²) in [4.78, 5) is 17.1. The van der Waals surface area contributed by atoms with Crippen LogP contribution in [0.1, 0.15) is 37.6 Å². The van der Waals surface area contributed by atoms with E-state index in [4.69, 9.17) is 21.3 Å². The highest BCUT2D eigenvalue weighted by atomic mass is 35.5. The summed E-state index contributed by atoms with van der Waals surface area (Å²) in [6, 6.07) is 15.5. The Bertz CT molecular complexity index is 2060. The van der Waals surface area contributed by atoms with Gasteiger partial charge < -0.3 is 9.84 Å². The van der Waals surface area contributed by atoms with Crippen molar-refractivity contribution in [1.29, 1.82) is 0 Å². The van der Waals surface area contributed by atoms with Gasteiger partial charge in [-0.1, -0.05) is 17.7 Å². The van der Waals surface area contributed by atoms with Crippen LogP contribution in [0.25, 0.3) is 54.1 Å². The number of thiazole rings is 1. The van der Waals surface area contributed by atoms with Crippen molar-refractivity contribution >= 4 is 50.0 Å². The van der Waals surface area contributed by atoms with Crippen molar-refractivity contribution in [2.45, 2.75) is 46.6 Å². The second kappa shape index (κ2) is 10.7. The lowest BCUT2D eigenvalue weighted by Gasteiger charge is -2.24. The van der Waals surface area contributed by atoms with Crippen molar-refractivity contribution in [3.05, 3.63) is 76.6 Å². The number of rotatable bonds is 6. The first-order valence-corrected chi connectivity index (χ1v) is 15.0. The van der Waals surface area contributed by atoms with Crippen LogP contribution in [0, 0.1) is 13.8 Å². The maximum absolute atomic E-state index is 12.1. The molecule has 0 atom stereocenters. The smallest absolute Gasteiger partial charge is 0.307 e. The molecule has 0 aliphatic carbocycles. The summed E-state index contributed by atoms with van der Waals surface area (Å²) in [6.45, 7) is 9.74. The van der Waals surface area contributed by atoms with Gasteiger partial charge >= 0.3 is 5.97 Å². The Kier molecular flexibility index (Phi) is 7.18. The first kappa shape index (κ1) is 28.8. The second-order valence-electron chi connectivity index (χ2n) is 11.6. The van der Waals surface area contributed by atoms with Crippen LogP contribution in [0.5, 0.6) is 5.75 Å². The molecule has 0 saturated carbocycles. The Morgan fingerprint density at radius 1 is 1.05 bits per heavy atom. The maximum Gasteiger partial charge on any atom is 0.307 e. The number of benzene rings is 3. The van der Waals surface area contributed by atoms with E-state index in [1.54, 1.807) is 12.1 Å². The third-order valence-electron chi connectivity index (χ3n) is 7.22. The Labute approximate surface area is 257 Å². The Morgan fingerprint density at radius 3 is 2.58 bits per heavy atom. The molecule has 43 heavy (non-hydrogen) atoms. The van der Waals surface area contributed by atoms with Gasteiger partial charge in [-0.25, -0.2) is 4.98 Å². The van der Waals surface area contributed by atoms with E-state index in [0.29, 0.717) is 16.3 Å². The predicted octanol–water partition coefficient (Wildman–Crippen LogP) is 8.05. The lowest BCUT2D eigenvalue weighted by molar-refractivity contribution is -0.136. The van der Waals surface area contributed by atoms with Crippen molar-refractivity contribution in [1.82, 2.24) is 25.0 Å². The molecule has 0 bridgehead atoms. The quantitative estimate of drug-likeness (QED) is 0.203. The fourth-order valence-electron chi connectivity index (χ4n) is 5.26. The highest BCUT2D eigenvalue weighted by Gasteiger charge is 2.24. The van der Waals surface area contributed by atoms with Gasteiger partial charge in [0, 0.05) is 39.7 Å². The standard InChI is InChI=1S/C33H30ClN5O3S/c1-17-11-26-31(30(23(17)15-29(40)41)22-9-8-21(34)13-28(22)42-33(3,4)5)43-32(36-26)24-14-25(38-37-18(24)2)19-7-10-27-20(12-19)16-35-39(27)6/h7-14,16H,15H2,1-6H3,(H,40,41). The van der Waals surface area contributed by atoms with Crippen molar-refractivity contribution in [2.24, 2.45) is 7.05 Å². The number of aromatic nitrogens is 5. The molecule has 6 aromatic rings. The normalized spacial score (nSPS) is 11.9. The molecule has 218 valence electrons. The maximum atomic E-state index is 12.1. The lowest BCUT2D eigenvalue weighted by Crippen LogP contribution is -2.23. The van der Waals surface area contributed by atoms with Gasteiger partial charge in [0.15, 0.2) is 0 Å². The number of aryl methyl sites for hydroxylation is 3. The van der Waals surface area contributed by atoms with Crippen LogP contribution in [0.3, 0.4) is 0 Å². The van der Waals surface area contributed by atoms with E-state index in [0.717, 1.165) is 65.3 Å². The highest BCUT2D eigenvalue weighted by Crippen LogP contribution is 2.45. The molecule has 0 aliphatic rings. The Hall–Kier alpha value is -4.34. The van der Waals surface area contributed by atoms with E-state index in [-0.39, 0.29) is 6.42 Å². The number of aliphatic carboxylic acids is 1. The Balaban J connectivity index is 1.56. The molecule has 3 aromatic carbocycles. The minimum Gasteiger partial charge on any atom is -0.487 e. The summed E-state index contributed by atoms with van der Waals surface area (Å²) < 4.78 is 9.06. The average molecular weight is 612 g/mol. The molecule has 0 spiro atoms. The number of carbonyl (C=O) groups is 1. The van der Waals surface area contributed by atoms with Crippen LogP contribution in [-0.2, 0) is 18.3 Å². The van der Waals surface area contributed by atoms with Crippen LogP contribution in [-0.4, -0.2) is 41.6 Å². The molecule has 1 N–H and O–H groups in total. The number of hydrogen-bond acceptors (Lipinski definition) is 7. The second-order valence-corrected chi connectivity index (χ2v) is 13.0. The molecule has 0 amide bonds. The number of ether oxygens (including phenoxy) is 1. The van der Waals surface area contributed by atoms with Gasteiger partial charge in [0.05, 0.1) is 39.7 Å². The molecule has 6 rings (SSSR count). The molecule has 3 heterocycles. The molecule has 0 unspecified atom stereocenters. The van der Waals surface area contributed by atoms with Gasteiger partial charge in [-0.3, -0.25) is 9.48 Å². The van der Waals surface area contributed by atoms with E-state index in [9.17, 15) is 9.90 Å². The largest absolute Gasteiger partial charge is 0.487 e. The number of carboxylic acids is 1. The monoisotopic (exact) mass is 611 g/mol. The van der Waals surface area contributed by atoms with Crippen LogP contribution in [0.2, 0.25) is 5.02 Å². The molecule has 0 saturated heterocycles. The SMILES string of the molecule is Cc1cc2nc(-c3cc(-c4ccc5c(cnn5C)c4)nnc3C)sc2c(-c2ccc(Cl)cc2OC(C)(C)C)c1CC(=O)O. The van der Waals surface area contributed by atoms with Crippen molar-refractivity contribution < 1.29 is 14.6 Å². The van der Waals surface area contributed by atoms with E-state index in [1.165, 1.54) is 11.3 Å². The number of carboxylic acid groups (broad SMARTS) is 1. The van der Waals surface area contributed by atoms with Crippen LogP contribution >= 0.6 is 22.9 Å². The zero-order valence-electron chi connectivity index (χ0n) is 24.7. The highest BCUT2D eigenvalue weighted by molar-refractivity contribution is 7.22. The topological polar surface area (TPSA) is 103 Å². The molecule has 10 heteroatoms. The van der Waals surface area contributed by atoms with Gasteiger partial charge in [-0.05, 0) is 88.2 Å². The molecule has 0 radical (unpaired) electrons. The van der Waals surface area contributed by atoms with Gasteiger partial charge in [-0.2, -0.15) is 15.3 Å². The van der Waals surface area contributed by atoms with Crippen molar-refractivity contribution in [3.8, 4) is 38.7 Å². The minimum atomic E-state index is -0.912. The average Bonchev–Trinajstić information content (AvgIpc) is 3.51. The molecular weight excluding hydrogens is 582 g/mol. The summed E-state index contributed by atoms with van der Waals surface area (Å²) in [5.41, 5.74) is 7.70. The minimum absolute atomic E-state index is 0.140. The van der Waals surface area contributed by atoms with Crippen molar-refractivity contribution in [3.63, 3.8) is 0 Å². The fraction of sp³-hybridized carbons (Fsp3) is 0.242. The number of fused-ring (bicyclic) bond motifs is 2. The number of halogens is 1. The van der Waals surface area contributed by atoms with Gasteiger partial charge in [0.2, 0.25) is 0 Å². The summed E-state index contributed by atoms with van der Waals surface area (Å²) in [5, 5.41) is 25.5. The third-order valence-corrected chi connectivity index (χ3v) is 8.58. The molecule has 0 fully saturated rings. The summed E-state index contributed by atoms with van der Waals surface area (Å²) in [7, 11) is 1.92. The molecule has 0 aliphatic heterocycles. The van der Waals surface area contributed by atoms with Gasteiger partial charge in [-0.15, -0.1) is 11.3 Å². The molecule has 3 aromatic heterocycles. The number of hydrogen-bond donors (Lipinski definition) is 1. The predicted molar refractivity (Wildman–Crippen MR) is 172 cm³/mol. The van der Waals surface area contributed by atoms with Crippen molar-refractivity contribution in [2.75, 3.05) is 0 Å². The van der Waals surface area contributed by atoms with Gasteiger partial charge in [0.1, 0.15) is 16.4 Å². The van der Waals surface area contributed by atoms with E-state index in [2.05, 4.69) is 21.4 Å².